The van der Waals surface area contributed by atoms with Crippen molar-refractivity contribution in [1.82, 2.24) is 0 Å². The first-order valence-corrected chi connectivity index (χ1v) is 5.36. The molecule has 2 rings (SSSR count). The molecule has 1 aromatic rings. The van der Waals surface area contributed by atoms with Crippen LogP contribution in [0.15, 0.2) is 24.3 Å². The van der Waals surface area contributed by atoms with E-state index in [4.69, 9.17) is 9.84 Å². The summed E-state index contributed by atoms with van der Waals surface area (Å²) in [5.41, 5.74) is -0.947. The summed E-state index contributed by atoms with van der Waals surface area (Å²) in [6, 6.07) is 4.79. The van der Waals surface area contributed by atoms with E-state index in [1.807, 2.05) is 0 Å². The maximum Gasteiger partial charge on any atom is 0.416 e. The molecular formula is C12H13F3O2. The van der Waals surface area contributed by atoms with Gasteiger partial charge in [-0.05, 0) is 31.0 Å². The fraction of sp³-hybridized carbons (Fsp3) is 0.500. The molecule has 1 saturated carbocycles. The second-order valence-corrected chi connectivity index (χ2v) is 4.47. The van der Waals surface area contributed by atoms with Crippen molar-refractivity contribution in [3.63, 3.8) is 0 Å². The van der Waals surface area contributed by atoms with Crippen molar-refractivity contribution in [2.75, 3.05) is 13.2 Å². The Kier molecular flexibility index (Phi) is 3.03. The molecule has 1 fully saturated rings. The number of aliphatic hydroxyl groups is 1. The highest BCUT2D eigenvalue weighted by atomic mass is 19.4. The van der Waals surface area contributed by atoms with Crippen molar-refractivity contribution in [2.45, 2.75) is 19.0 Å². The number of rotatable bonds is 4. The van der Waals surface area contributed by atoms with Gasteiger partial charge >= 0.3 is 6.18 Å². The van der Waals surface area contributed by atoms with Gasteiger partial charge in [0.15, 0.2) is 0 Å². The van der Waals surface area contributed by atoms with Gasteiger partial charge in [0.1, 0.15) is 5.75 Å². The van der Waals surface area contributed by atoms with Crippen LogP contribution >= 0.6 is 0 Å². The van der Waals surface area contributed by atoms with E-state index in [1.54, 1.807) is 0 Å². The fourth-order valence-corrected chi connectivity index (χ4v) is 1.52. The first-order valence-electron chi connectivity index (χ1n) is 5.36. The summed E-state index contributed by atoms with van der Waals surface area (Å²) in [4.78, 5) is 0. The van der Waals surface area contributed by atoms with Crippen LogP contribution in [0.25, 0.3) is 0 Å². The maximum atomic E-state index is 12.4. The van der Waals surface area contributed by atoms with E-state index in [0.29, 0.717) is 0 Å². The third kappa shape index (κ3) is 2.91. The molecule has 0 radical (unpaired) electrons. The molecule has 1 aliphatic rings. The van der Waals surface area contributed by atoms with Crippen molar-refractivity contribution in [3.8, 4) is 5.75 Å². The lowest BCUT2D eigenvalue weighted by molar-refractivity contribution is -0.137. The Morgan fingerprint density at radius 2 is 2.00 bits per heavy atom. The lowest BCUT2D eigenvalue weighted by atomic mass is 10.1. The minimum atomic E-state index is -4.35. The maximum absolute atomic E-state index is 12.4. The van der Waals surface area contributed by atoms with E-state index in [2.05, 4.69) is 0 Å². The van der Waals surface area contributed by atoms with E-state index in [1.165, 1.54) is 12.1 Å². The predicted octanol–water partition coefficient (Wildman–Crippen LogP) is 2.86. The number of benzene rings is 1. The molecule has 0 aromatic heterocycles. The predicted molar refractivity (Wildman–Crippen MR) is 55.7 cm³/mol. The van der Waals surface area contributed by atoms with E-state index < -0.39 is 11.7 Å². The lowest BCUT2D eigenvalue weighted by Crippen LogP contribution is -2.17. The van der Waals surface area contributed by atoms with Crippen LogP contribution < -0.4 is 4.74 Å². The van der Waals surface area contributed by atoms with E-state index in [-0.39, 0.29) is 24.4 Å². The summed E-state index contributed by atoms with van der Waals surface area (Å²) in [7, 11) is 0. The van der Waals surface area contributed by atoms with Gasteiger partial charge in [-0.3, -0.25) is 0 Å². The number of aliphatic hydroxyl groups excluding tert-OH is 1. The van der Waals surface area contributed by atoms with E-state index in [9.17, 15) is 13.2 Å². The highest BCUT2D eigenvalue weighted by Crippen LogP contribution is 2.45. The Balaban J connectivity index is 2.02. The molecule has 5 heteroatoms. The number of alkyl halides is 3. The smallest absolute Gasteiger partial charge is 0.416 e. The summed E-state index contributed by atoms with van der Waals surface area (Å²) in [5.74, 6) is 0.194. The van der Waals surface area contributed by atoms with Gasteiger partial charge in [-0.2, -0.15) is 13.2 Å². The molecule has 2 nitrogen and oxygen atoms in total. The summed E-state index contributed by atoms with van der Waals surface area (Å²) < 4.78 is 42.6. The van der Waals surface area contributed by atoms with Gasteiger partial charge < -0.3 is 9.84 Å². The van der Waals surface area contributed by atoms with Gasteiger partial charge in [0.05, 0.1) is 18.8 Å². The molecule has 1 aliphatic carbocycles. The monoisotopic (exact) mass is 246 g/mol. The van der Waals surface area contributed by atoms with Crippen LogP contribution in [0.2, 0.25) is 0 Å². The zero-order valence-electron chi connectivity index (χ0n) is 9.13. The number of hydrogen-bond acceptors (Lipinski definition) is 2. The average Bonchev–Trinajstić information content (AvgIpc) is 3.06. The third-order valence-corrected chi connectivity index (χ3v) is 3.00. The zero-order valence-corrected chi connectivity index (χ0v) is 9.13. The zero-order chi connectivity index (χ0) is 12.5. The average molecular weight is 246 g/mol. The molecule has 0 amide bonds. The summed E-state index contributed by atoms with van der Waals surface area (Å²) >= 11 is 0. The van der Waals surface area contributed by atoms with Crippen LogP contribution in [0.1, 0.15) is 18.4 Å². The highest BCUT2D eigenvalue weighted by molar-refractivity contribution is 5.30. The van der Waals surface area contributed by atoms with Crippen LogP contribution in [0.3, 0.4) is 0 Å². The molecule has 0 aliphatic heterocycles. The highest BCUT2D eigenvalue weighted by Gasteiger charge is 2.43. The SMILES string of the molecule is OCC1(COc2cccc(C(F)(F)F)c2)CC1. The van der Waals surface area contributed by atoms with E-state index >= 15 is 0 Å². The molecule has 1 N–H and O–H groups in total. The molecule has 17 heavy (non-hydrogen) atoms. The molecule has 0 unspecified atom stereocenters. The van der Waals surface area contributed by atoms with Crippen LogP contribution in [0, 0.1) is 5.41 Å². The molecule has 1 aromatic carbocycles. The Morgan fingerprint density at radius 1 is 1.29 bits per heavy atom. The summed E-state index contributed by atoms with van der Waals surface area (Å²) in [5, 5.41) is 9.06. The normalized spacial score (nSPS) is 17.9. The minimum absolute atomic E-state index is 0.0198. The van der Waals surface area contributed by atoms with Crippen molar-refractivity contribution in [1.29, 1.82) is 0 Å². The first-order chi connectivity index (χ1) is 7.95. The summed E-state index contributed by atoms with van der Waals surface area (Å²) in [6.45, 7) is 0.288. The van der Waals surface area contributed by atoms with Gasteiger partial charge in [-0.1, -0.05) is 6.07 Å². The number of halogens is 3. The van der Waals surface area contributed by atoms with Crippen LogP contribution in [0.4, 0.5) is 13.2 Å². The van der Waals surface area contributed by atoms with Gasteiger partial charge in [0.25, 0.3) is 0 Å². The molecule has 0 atom stereocenters. The van der Waals surface area contributed by atoms with Gasteiger partial charge in [-0.25, -0.2) is 0 Å². The van der Waals surface area contributed by atoms with Crippen molar-refractivity contribution >= 4 is 0 Å². The Bertz CT molecular complexity index is 397. The van der Waals surface area contributed by atoms with Crippen molar-refractivity contribution < 1.29 is 23.0 Å². The Hall–Kier alpha value is -1.23. The second kappa shape index (κ2) is 4.22. The van der Waals surface area contributed by atoms with Crippen molar-refractivity contribution in [3.05, 3.63) is 29.8 Å². The largest absolute Gasteiger partial charge is 0.493 e. The molecule has 0 heterocycles. The van der Waals surface area contributed by atoms with Crippen LogP contribution in [-0.4, -0.2) is 18.3 Å². The first kappa shape index (κ1) is 12.2. The quantitative estimate of drug-likeness (QED) is 0.885. The molecular weight excluding hydrogens is 233 g/mol. The Morgan fingerprint density at radius 3 is 2.53 bits per heavy atom. The lowest BCUT2D eigenvalue weighted by Gasteiger charge is -2.14. The third-order valence-electron chi connectivity index (χ3n) is 3.00. The van der Waals surface area contributed by atoms with Crippen LogP contribution in [0.5, 0.6) is 5.75 Å². The van der Waals surface area contributed by atoms with Gasteiger partial charge in [0.2, 0.25) is 0 Å². The number of hydrogen-bond donors (Lipinski definition) is 1. The minimum Gasteiger partial charge on any atom is -0.493 e. The standard InChI is InChI=1S/C12H13F3O2/c13-12(14,15)9-2-1-3-10(6-9)17-8-11(7-16)4-5-11/h1-3,6,16H,4-5,7-8H2. The Labute approximate surface area is 97.0 Å². The molecule has 94 valence electrons. The summed E-state index contributed by atoms with van der Waals surface area (Å²) in [6.07, 6.45) is -2.63. The van der Waals surface area contributed by atoms with Crippen LogP contribution in [-0.2, 0) is 6.18 Å². The van der Waals surface area contributed by atoms with Gasteiger partial charge in [0, 0.05) is 5.41 Å². The molecule has 0 saturated heterocycles. The van der Waals surface area contributed by atoms with Crippen molar-refractivity contribution in [2.24, 2.45) is 5.41 Å². The topological polar surface area (TPSA) is 29.5 Å². The number of ether oxygens (including phenoxy) is 1. The molecule has 0 spiro atoms. The second-order valence-electron chi connectivity index (χ2n) is 4.47. The fourth-order valence-electron chi connectivity index (χ4n) is 1.52. The molecule has 0 bridgehead atoms. The van der Waals surface area contributed by atoms with Gasteiger partial charge in [-0.15, -0.1) is 0 Å². The van der Waals surface area contributed by atoms with E-state index in [0.717, 1.165) is 25.0 Å².